The van der Waals surface area contributed by atoms with Gasteiger partial charge in [-0.05, 0) is 41.0 Å². The lowest BCUT2D eigenvalue weighted by atomic mass is 10.1. The second kappa shape index (κ2) is 9.51. The van der Waals surface area contributed by atoms with E-state index in [9.17, 15) is 18.3 Å². The quantitative estimate of drug-likeness (QED) is 0.369. The molecule has 0 aliphatic carbocycles. The van der Waals surface area contributed by atoms with Crippen molar-refractivity contribution in [2.75, 3.05) is 5.32 Å². The molecule has 3 N–H and O–H groups in total. The summed E-state index contributed by atoms with van der Waals surface area (Å²) in [6.07, 6.45) is 1.28. The van der Waals surface area contributed by atoms with E-state index in [-0.39, 0.29) is 5.75 Å². The molecular formula is C23H23F3N4O. The maximum Gasteiger partial charge on any atom is 0.416 e. The van der Waals surface area contributed by atoms with Crippen LogP contribution in [0.4, 0.5) is 19.0 Å². The molecule has 3 aromatic heterocycles. The van der Waals surface area contributed by atoms with E-state index in [1.54, 1.807) is 12.3 Å². The molecule has 0 radical (unpaired) electrons. The first-order valence-corrected chi connectivity index (χ1v) is 9.88. The molecule has 5 nitrogen and oxygen atoms in total. The van der Waals surface area contributed by atoms with Gasteiger partial charge in [0.1, 0.15) is 17.2 Å². The van der Waals surface area contributed by atoms with Gasteiger partial charge in [-0.1, -0.05) is 32.0 Å². The number of benzene rings is 1. The summed E-state index contributed by atoms with van der Waals surface area (Å²) in [5, 5.41) is 13.6. The molecule has 1 aromatic carbocycles. The highest BCUT2D eigenvalue weighted by Gasteiger charge is 2.29. The van der Waals surface area contributed by atoms with Crippen molar-refractivity contribution >= 4 is 16.9 Å². The van der Waals surface area contributed by atoms with Crippen LogP contribution in [0.15, 0.2) is 61.1 Å². The van der Waals surface area contributed by atoms with Gasteiger partial charge in [0.15, 0.2) is 0 Å². The van der Waals surface area contributed by atoms with Crippen LogP contribution in [-0.2, 0) is 19.1 Å². The molecule has 31 heavy (non-hydrogen) atoms. The Morgan fingerprint density at radius 3 is 2.32 bits per heavy atom. The monoisotopic (exact) mass is 428 g/mol. The summed E-state index contributed by atoms with van der Waals surface area (Å²) < 4.78 is 37.8. The lowest BCUT2D eigenvalue weighted by molar-refractivity contribution is -0.137. The normalized spacial score (nSPS) is 11.1. The molecule has 0 spiro atoms. The molecule has 0 fully saturated rings. The topological polar surface area (TPSA) is 73.8 Å². The van der Waals surface area contributed by atoms with Gasteiger partial charge in [-0.25, -0.2) is 9.97 Å². The number of nitrogens with zero attached hydrogens (tertiary/aromatic N) is 2. The van der Waals surface area contributed by atoms with Crippen molar-refractivity contribution in [3.8, 4) is 5.75 Å². The predicted octanol–water partition coefficient (Wildman–Crippen LogP) is 5.91. The van der Waals surface area contributed by atoms with Crippen molar-refractivity contribution in [1.29, 1.82) is 0 Å². The van der Waals surface area contributed by atoms with Gasteiger partial charge >= 0.3 is 6.18 Å². The smallest absolute Gasteiger partial charge is 0.416 e. The molecular weight excluding hydrogens is 405 g/mol. The van der Waals surface area contributed by atoms with Crippen LogP contribution in [0.3, 0.4) is 0 Å². The van der Waals surface area contributed by atoms with Crippen LogP contribution < -0.4 is 5.32 Å². The predicted molar refractivity (Wildman–Crippen MR) is 115 cm³/mol. The number of hydrogen-bond acceptors (Lipinski definition) is 4. The number of fused-ring (bicyclic) bond motifs is 1. The lowest BCUT2D eigenvalue weighted by Crippen LogP contribution is -2.06. The second-order valence-electron chi connectivity index (χ2n) is 6.68. The molecule has 0 aliphatic heterocycles. The Hall–Kier alpha value is -3.55. The molecule has 0 saturated carbocycles. The first kappa shape index (κ1) is 22.1. The number of aromatic hydroxyl groups is 1. The minimum Gasteiger partial charge on any atom is -0.506 e. The van der Waals surface area contributed by atoms with Gasteiger partial charge in [0.2, 0.25) is 0 Å². The number of pyridine rings is 2. The number of aromatic amines is 1. The highest BCUT2D eigenvalue weighted by molar-refractivity contribution is 5.81. The molecule has 0 saturated heterocycles. The van der Waals surface area contributed by atoms with Gasteiger partial charge in [0.05, 0.1) is 11.8 Å². The summed E-state index contributed by atoms with van der Waals surface area (Å²) in [5.74, 6) is 0.742. The molecule has 4 aromatic rings. The third-order valence-corrected chi connectivity index (χ3v) is 4.58. The Balaban J connectivity index is 0.00000132. The van der Waals surface area contributed by atoms with Gasteiger partial charge < -0.3 is 15.4 Å². The summed E-state index contributed by atoms with van der Waals surface area (Å²) in [4.78, 5) is 11.6. The van der Waals surface area contributed by atoms with Gasteiger partial charge in [0, 0.05) is 30.7 Å². The van der Waals surface area contributed by atoms with Crippen LogP contribution in [0, 0.1) is 0 Å². The molecule has 0 aliphatic rings. The largest absolute Gasteiger partial charge is 0.506 e. The average Bonchev–Trinajstić information content (AvgIpc) is 3.16. The Morgan fingerprint density at radius 1 is 0.968 bits per heavy atom. The highest BCUT2D eigenvalue weighted by atomic mass is 19.4. The third-order valence-electron chi connectivity index (χ3n) is 4.58. The number of alkyl halides is 3. The maximum atomic E-state index is 12.6. The SMILES string of the molecule is CC.Oc1cnc2[nH]cc(Cc3ccc(NCc4ccc(C(F)(F)F)cc4)nc3)c2c1. The molecule has 8 heteroatoms. The summed E-state index contributed by atoms with van der Waals surface area (Å²) >= 11 is 0. The van der Waals surface area contributed by atoms with Crippen molar-refractivity contribution in [3.05, 3.63) is 83.3 Å². The van der Waals surface area contributed by atoms with Crippen LogP contribution >= 0.6 is 0 Å². The van der Waals surface area contributed by atoms with Crippen molar-refractivity contribution in [2.45, 2.75) is 33.0 Å². The van der Waals surface area contributed by atoms with Crippen molar-refractivity contribution < 1.29 is 18.3 Å². The Morgan fingerprint density at radius 2 is 1.68 bits per heavy atom. The van der Waals surface area contributed by atoms with E-state index in [2.05, 4.69) is 20.3 Å². The first-order valence-electron chi connectivity index (χ1n) is 9.88. The van der Waals surface area contributed by atoms with E-state index < -0.39 is 11.7 Å². The fraction of sp³-hybridized carbons (Fsp3) is 0.217. The summed E-state index contributed by atoms with van der Waals surface area (Å²) in [5.41, 5.74) is 2.75. The van der Waals surface area contributed by atoms with E-state index in [0.29, 0.717) is 24.4 Å². The summed E-state index contributed by atoms with van der Waals surface area (Å²) in [6, 6.07) is 10.5. The Kier molecular flexibility index (Phi) is 6.79. The number of halogens is 3. The first-order chi connectivity index (χ1) is 14.9. The molecule has 0 bridgehead atoms. The van der Waals surface area contributed by atoms with Crippen molar-refractivity contribution in [2.24, 2.45) is 0 Å². The summed E-state index contributed by atoms with van der Waals surface area (Å²) in [6.45, 7) is 4.37. The fourth-order valence-electron chi connectivity index (χ4n) is 3.05. The van der Waals surface area contributed by atoms with Crippen molar-refractivity contribution in [1.82, 2.24) is 15.0 Å². The van der Waals surface area contributed by atoms with Crippen molar-refractivity contribution in [3.63, 3.8) is 0 Å². The number of rotatable bonds is 5. The molecule has 162 valence electrons. The number of aromatic nitrogens is 3. The maximum absolute atomic E-state index is 12.6. The third kappa shape index (κ3) is 5.53. The van der Waals surface area contributed by atoms with Crippen LogP contribution in [0.2, 0.25) is 0 Å². The van der Waals surface area contributed by atoms with E-state index >= 15 is 0 Å². The Bertz CT molecular complexity index is 1120. The fourth-order valence-corrected chi connectivity index (χ4v) is 3.05. The van der Waals surface area contributed by atoms with Gasteiger partial charge in [-0.3, -0.25) is 0 Å². The van der Waals surface area contributed by atoms with E-state index in [0.717, 1.165) is 34.2 Å². The number of anilines is 1. The van der Waals surface area contributed by atoms with Gasteiger partial charge in [0.25, 0.3) is 0 Å². The Labute approximate surface area is 178 Å². The second-order valence-corrected chi connectivity index (χ2v) is 6.68. The molecule has 0 amide bonds. The minimum atomic E-state index is -4.33. The van der Waals surface area contributed by atoms with Crippen LogP contribution in [-0.4, -0.2) is 20.1 Å². The molecule has 0 unspecified atom stereocenters. The van der Waals surface area contributed by atoms with E-state index in [1.165, 1.54) is 18.3 Å². The van der Waals surface area contributed by atoms with Gasteiger partial charge in [-0.2, -0.15) is 13.2 Å². The molecule has 3 heterocycles. The standard InChI is InChI=1S/C21H17F3N4O.C2H6/c22-21(23,24)16-4-1-13(2-5-16)9-25-19-6-3-14(10-26-19)7-15-11-27-20-18(15)8-17(29)12-28-20;1-2/h1-6,8,10-12,29H,7,9H2,(H,25,26)(H,27,28);1-2H3. The van der Waals surface area contributed by atoms with Crippen LogP contribution in [0.1, 0.15) is 36.1 Å². The zero-order valence-electron chi connectivity index (χ0n) is 17.2. The minimum absolute atomic E-state index is 0.110. The zero-order valence-corrected chi connectivity index (χ0v) is 17.2. The summed E-state index contributed by atoms with van der Waals surface area (Å²) in [7, 11) is 0. The van der Waals surface area contributed by atoms with E-state index in [4.69, 9.17) is 0 Å². The highest BCUT2D eigenvalue weighted by Crippen LogP contribution is 2.29. The van der Waals surface area contributed by atoms with Crippen LogP contribution in [0.5, 0.6) is 5.75 Å². The number of nitrogens with one attached hydrogen (secondary N) is 2. The molecule has 0 atom stereocenters. The molecule has 4 rings (SSSR count). The lowest BCUT2D eigenvalue weighted by Gasteiger charge is -2.09. The zero-order chi connectivity index (χ0) is 22.4. The van der Waals surface area contributed by atoms with E-state index in [1.807, 2.05) is 32.2 Å². The average molecular weight is 428 g/mol. The van der Waals surface area contributed by atoms with Crippen LogP contribution in [0.25, 0.3) is 11.0 Å². The van der Waals surface area contributed by atoms with Gasteiger partial charge in [-0.15, -0.1) is 0 Å². The number of hydrogen-bond donors (Lipinski definition) is 3. The number of H-pyrrole nitrogens is 1.